The van der Waals surface area contributed by atoms with Gasteiger partial charge in [0.15, 0.2) is 0 Å². The molecule has 0 aliphatic rings. The molecule has 1 aromatic heterocycles. The summed E-state index contributed by atoms with van der Waals surface area (Å²) in [5.41, 5.74) is 3.27. The second-order valence-electron chi connectivity index (χ2n) is 5.79. The number of amides is 1. The maximum absolute atomic E-state index is 12.7. The summed E-state index contributed by atoms with van der Waals surface area (Å²) in [6.45, 7) is 1.89. The van der Waals surface area contributed by atoms with E-state index in [1.807, 2.05) is 49.4 Å². The van der Waals surface area contributed by atoms with Crippen LogP contribution in [0.5, 0.6) is 0 Å². The number of hydrogen-bond donors (Lipinski definition) is 2. The summed E-state index contributed by atoms with van der Waals surface area (Å²) >= 11 is 0. The fourth-order valence-corrected chi connectivity index (χ4v) is 2.76. The number of nitrogens with one attached hydrogen (secondary N) is 1. The molecule has 1 atom stereocenters. The Kier molecular flexibility index (Phi) is 5.20. The summed E-state index contributed by atoms with van der Waals surface area (Å²) in [4.78, 5) is 16.6. The van der Waals surface area contributed by atoms with Crippen LogP contribution < -0.4 is 5.32 Å². The van der Waals surface area contributed by atoms with Crippen LogP contribution in [-0.4, -0.2) is 32.4 Å². The Morgan fingerprint density at radius 1 is 1.24 bits per heavy atom. The van der Waals surface area contributed by atoms with E-state index in [0.717, 1.165) is 16.8 Å². The Bertz CT molecular complexity index is 832. The summed E-state index contributed by atoms with van der Waals surface area (Å²) in [5, 5.41) is 16.4. The Labute approximate surface area is 146 Å². The maximum atomic E-state index is 12.7. The van der Waals surface area contributed by atoms with Gasteiger partial charge < -0.3 is 10.4 Å². The van der Waals surface area contributed by atoms with Gasteiger partial charge in [-0.2, -0.15) is 5.10 Å². The number of benzene rings is 2. The summed E-state index contributed by atoms with van der Waals surface area (Å²) in [5.74, 6) is -0.162. The summed E-state index contributed by atoms with van der Waals surface area (Å²) < 4.78 is 1.65. The molecule has 2 aromatic carbocycles. The molecule has 0 aliphatic heterocycles. The molecule has 0 spiro atoms. The van der Waals surface area contributed by atoms with Crippen molar-refractivity contribution < 1.29 is 9.90 Å². The summed E-state index contributed by atoms with van der Waals surface area (Å²) in [6, 6.07) is 14.9. The maximum Gasteiger partial charge on any atom is 0.252 e. The van der Waals surface area contributed by atoms with E-state index in [4.69, 9.17) is 0 Å². The predicted molar refractivity (Wildman–Crippen MR) is 94.4 cm³/mol. The minimum Gasteiger partial charge on any atom is -0.396 e. The van der Waals surface area contributed by atoms with E-state index in [1.54, 1.807) is 17.1 Å². The van der Waals surface area contributed by atoms with Crippen LogP contribution in [0.25, 0.3) is 5.69 Å². The van der Waals surface area contributed by atoms with Gasteiger partial charge in [-0.3, -0.25) is 4.79 Å². The predicted octanol–water partition coefficient (Wildman–Crippen LogP) is 2.43. The first-order valence-corrected chi connectivity index (χ1v) is 8.11. The third-order valence-corrected chi connectivity index (χ3v) is 4.06. The van der Waals surface area contributed by atoms with Crippen molar-refractivity contribution in [1.29, 1.82) is 0 Å². The molecule has 6 nitrogen and oxygen atoms in total. The zero-order valence-electron chi connectivity index (χ0n) is 14.0. The van der Waals surface area contributed by atoms with Crippen LogP contribution in [0.3, 0.4) is 0 Å². The van der Waals surface area contributed by atoms with E-state index in [-0.39, 0.29) is 18.6 Å². The van der Waals surface area contributed by atoms with Crippen LogP contribution in [0.4, 0.5) is 0 Å². The standard InChI is InChI=1S/C19H20N4O2/c1-14-11-16(23-13-20-12-21-23)7-8-17(14)19(25)22-18(9-10-24)15-5-3-2-4-6-15/h2-8,11-13,18,24H,9-10H2,1H3,(H,22,25). The minimum atomic E-state index is -0.229. The molecule has 1 amide bonds. The molecule has 0 saturated heterocycles. The van der Waals surface area contributed by atoms with Gasteiger partial charge in [-0.05, 0) is 42.7 Å². The summed E-state index contributed by atoms with van der Waals surface area (Å²) in [7, 11) is 0. The molecular formula is C19H20N4O2. The lowest BCUT2D eigenvalue weighted by Gasteiger charge is -2.19. The third-order valence-electron chi connectivity index (χ3n) is 4.06. The molecule has 0 fully saturated rings. The van der Waals surface area contributed by atoms with Crippen LogP contribution in [0.2, 0.25) is 0 Å². The molecule has 1 heterocycles. The van der Waals surface area contributed by atoms with Crippen molar-refractivity contribution in [2.24, 2.45) is 0 Å². The average Bonchev–Trinajstić information content (AvgIpc) is 3.16. The fraction of sp³-hybridized carbons (Fsp3) is 0.211. The normalized spacial score (nSPS) is 11.9. The minimum absolute atomic E-state index is 0.00403. The Morgan fingerprint density at radius 2 is 2.04 bits per heavy atom. The van der Waals surface area contributed by atoms with E-state index in [9.17, 15) is 9.90 Å². The first kappa shape index (κ1) is 16.9. The SMILES string of the molecule is Cc1cc(-n2cncn2)ccc1C(=O)NC(CCO)c1ccccc1. The van der Waals surface area contributed by atoms with Crippen molar-refractivity contribution in [3.8, 4) is 5.69 Å². The highest BCUT2D eigenvalue weighted by Crippen LogP contribution is 2.19. The van der Waals surface area contributed by atoms with Gasteiger partial charge in [-0.1, -0.05) is 30.3 Å². The van der Waals surface area contributed by atoms with Gasteiger partial charge in [0.05, 0.1) is 11.7 Å². The van der Waals surface area contributed by atoms with Crippen molar-refractivity contribution in [2.75, 3.05) is 6.61 Å². The number of carbonyl (C=O) groups is 1. The Morgan fingerprint density at radius 3 is 2.68 bits per heavy atom. The molecule has 25 heavy (non-hydrogen) atoms. The van der Waals surface area contributed by atoms with Gasteiger partial charge in [0.2, 0.25) is 0 Å². The topological polar surface area (TPSA) is 80.0 Å². The average molecular weight is 336 g/mol. The molecule has 6 heteroatoms. The van der Waals surface area contributed by atoms with E-state index in [2.05, 4.69) is 15.4 Å². The molecule has 1 unspecified atom stereocenters. The van der Waals surface area contributed by atoms with E-state index in [1.165, 1.54) is 6.33 Å². The lowest BCUT2D eigenvalue weighted by molar-refractivity contribution is 0.0929. The highest BCUT2D eigenvalue weighted by molar-refractivity contribution is 5.96. The first-order chi connectivity index (χ1) is 12.2. The van der Waals surface area contributed by atoms with Crippen LogP contribution in [-0.2, 0) is 0 Å². The molecule has 0 bridgehead atoms. The zero-order valence-corrected chi connectivity index (χ0v) is 14.0. The summed E-state index contributed by atoms with van der Waals surface area (Å²) in [6.07, 6.45) is 3.54. The van der Waals surface area contributed by atoms with Crippen LogP contribution in [0.15, 0.2) is 61.2 Å². The molecule has 0 saturated carbocycles. The highest BCUT2D eigenvalue weighted by Gasteiger charge is 2.17. The third kappa shape index (κ3) is 3.92. The second kappa shape index (κ2) is 7.72. The van der Waals surface area contributed by atoms with Crippen molar-refractivity contribution in [1.82, 2.24) is 20.1 Å². The molecule has 0 radical (unpaired) electrons. The Balaban J connectivity index is 1.80. The monoisotopic (exact) mass is 336 g/mol. The van der Waals surface area contributed by atoms with Gasteiger partial charge in [0.25, 0.3) is 5.91 Å². The largest absolute Gasteiger partial charge is 0.396 e. The lowest BCUT2D eigenvalue weighted by atomic mass is 10.0. The number of hydrogen-bond acceptors (Lipinski definition) is 4. The molecule has 3 aromatic rings. The number of rotatable bonds is 6. The number of aryl methyl sites for hydroxylation is 1. The molecule has 0 aliphatic carbocycles. The number of aliphatic hydroxyl groups is 1. The highest BCUT2D eigenvalue weighted by atomic mass is 16.3. The molecule has 2 N–H and O–H groups in total. The number of nitrogens with zero attached hydrogens (tertiary/aromatic N) is 3. The number of carbonyl (C=O) groups excluding carboxylic acids is 1. The lowest BCUT2D eigenvalue weighted by Crippen LogP contribution is -2.29. The van der Waals surface area contributed by atoms with Crippen LogP contribution >= 0.6 is 0 Å². The van der Waals surface area contributed by atoms with Crippen LogP contribution in [0.1, 0.15) is 33.9 Å². The smallest absolute Gasteiger partial charge is 0.252 e. The quantitative estimate of drug-likeness (QED) is 0.724. The first-order valence-electron chi connectivity index (χ1n) is 8.11. The van der Waals surface area contributed by atoms with Gasteiger partial charge >= 0.3 is 0 Å². The van der Waals surface area contributed by atoms with E-state index >= 15 is 0 Å². The zero-order chi connectivity index (χ0) is 17.6. The van der Waals surface area contributed by atoms with Crippen molar-refractivity contribution >= 4 is 5.91 Å². The van der Waals surface area contributed by atoms with Crippen molar-refractivity contribution in [3.05, 3.63) is 77.9 Å². The number of aromatic nitrogens is 3. The second-order valence-corrected chi connectivity index (χ2v) is 5.79. The van der Waals surface area contributed by atoms with Crippen LogP contribution in [0, 0.1) is 6.92 Å². The fourth-order valence-electron chi connectivity index (χ4n) is 2.76. The van der Waals surface area contributed by atoms with E-state index in [0.29, 0.717) is 12.0 Å². The van der Waals surface area contributed by atoms with Gasteiger partial charge in [-0.15, -0.1) is 0 Å². The van der Waals surface area contributed by atoms with Gasteiger partial charge in [0, 0.05) is 12.2 Å². The van der Waals surface area contributed by atoms with E-state index < -0.39 is 0 Å². The molecule has 128 valence electrons. The number of aliphatic hydroxyl groups excluding tert-OH is 1. The van der Waals surface area contributed by atoms with Gasteiger partial charge in [-0.25, -0.2) is 9.67 Å². The van der Waals surface area contributed by atoms with Crippen molar-refractivity contribution in [3.63, 3.8) is 0 Å². The molecule has 3 rings (SSSR count). The van der Waals surface area contributed by atoms with Crippen molar-refractivity contribution in [2.45, 2.75) is 19.4 Å². The van der Waals surface area contributed by atoms with Gasteiger partial charge in [0.1, 0.15) is 12.7 Å². The Hall–Kier alpha value is -2.99. The molecular weight excluding hydrogens is 316 g/mol.